The van der Waals surface area contributed by atoms with Crippen LogP contribution in [0.15, 0.2) is 36.4 Å². The Morgan fingerprint density at radius 1 is 1.21 bits per heavy atom. The molecule has 0 radical (unpaired) electrons. The Morgan fingerprint density at radius 3 is 2.47 bits per heavy atom. The van der Waals surface area contributed by atoms with Crippen molar-refractivity contribution in [3.63, 3.8) is 0 Å². The lowest BCUT2D eigenvalue weighted by Gasteiger charge is -2.08. The number of hydrogen-bond donors (Lipinski definition) is 0. The first-order valence-electron chi connectivity index (χ1n) is 6.61. The maximum atomic E-state index is 11.9. The van der Waals surface area contributed by atoms with Crippen molar-refractivity contribution in [2.24, 2.45) is 0 Å². The molecule has 0 aliphatic rings. The van der Waals surface area contributed by atoms with Gasteiger partial charge in [-0.15, -0.1) is 0 Å². The van der Waals surface area contributed by atoms with E-state index < -0.39 is 0 Å². The SMILES string of the molecule is CCOC(=O)c1cc(-c2ccccc2)n(CC)c1C. The largest absolute Gasteiger partial charge is 0.462 e. The summed E-state index contributed by atoms with van der Waals surface area (Å²) in [5, 5.41) is 0. The van der Waals surface area contributed by atoms with Gasteiger partial charge in [-0.3, -0.25) is 0 Å². The van der Waals surface area contributed by atoms with Gasteiger partial charge in [-0.2, -0.15) is 0 Å². The lowest BCUT2D eigenvalue weighted by molar-refractivity contribution is 0.0525. The van der Waals surface area contributed by atoms with Gasteiger partial charge >= 0.3 is 5.97 Å². The van der Waals surface area contributed by atoms with Gasteiger partial charge in [0.2, 0.25) is 0 Å². The average Bonchev–Trinajstić information content (AvgIpc) is 2.77. The molecule has 0 bridgehead atoms. The van der Waals surface area contributed by atoms with Crippen LogP contribution in [0.1, 0.15) is 29.9 Å². The van der Waals surface area contributed by atoms with Crippen molar-refractivity contribution in [3.8, 4) is 11.3 Å². The number of hydrogen-bond acceptors (Lipinski definition) is 2. The van der Waals surface area contributed by atoms with Gasteiger partial charge in [0, 0.05) is 17.9 Å². The van der Waals surface area contributed by atoms with Crippen LogP contribution in [-0.4, -0.2) is 17.1 Å². The number of ether oxygens (including phenoxy) is 1. The maximum Gasteiger partial charge on any atom is 0.339 e. The number of carbonyl (C=O) groups excluding carboxylic acids is 1. The monoisotopic (exact) mass is 257 g/mol. The summed E-state index contributed by atoms with van der Waals surface area (Å²) in [7, 11) is 0. The first-order chi connectivity index (χ1) is 9.19. The van der Waals surface area contributed by atoms with Crippen LogP contribution in [0.3, 0.4) is 0 Å². The van der Waals surface area contributed by atoms with Gasteiger partial charge in [-0.05, 0) is 32.4 Å². The van der Waals surface area contributed by atoms with E-state index in [1.165, 1.54) is 0 Å². The third kappa shape index (κ3) is 2.55. The van der Waals surface area contributed by atoms with E-state index in [2.05, 4.69) is 23.6 Å². The summed E-state index contributed by atoms with van der Waals surface area (Å²) in [4.78, 5) is 11.9. The molecule has 0 unspecified atom stereocenters. The van der Waals surface area contributed by atoms with Crippen molar-refractivity contribution in [1.29, 1.82) is 0 Å². The smallest absolute Gasteiger partial charge is 0.339 e. The van der Waals surface area contributed by atoms with Crippen LogP contribution in [0.25, 0.3) is 11.3 Å². The van der Waals surface area contributed by atoms with Gasteiger partial charge in [0.05, 0.1) is 12.2 Å². The molecule has 0 spiro atoms. The third-order valence-corrected chi connectivity index (χ3v) is 3.25. The lowest BCUT2D eigenvalue weighted by atomic mass is 10.1. The number of aromatic nitrogens is 1. The first kappa shape index (κ1) is 13.4. The van der Waals surface area contributed by atoms with Crippen molar-refractivity contribution in [2.45, 2.75) is 27.3 Å². The maximum absolute atomic E-state index is 11.9. The molecule has 19 heavy (non-hydrogen) atoms. The summed E-state index contributed by atoms with van der Waals surface area (Å²) in [6.45, 7) is 7.09. The van der Waals surface area contributed by atoms with Crippen molar-refractivity contribution in [3.05, 3.63) is 47.7 Å². The second-order valence-corrected chi connectivity index (χ2v) is 4.36. The number of esters is 1. The van der Waals surface area contributed by atoms with Gasteiger partial charge in [0.15, 0.2) is 0 Å². The van der Waals surface area contributed by atoms with Crippen LogP contribution in [0, 0.1) is 6.92 Å². The second-order valence-electron chi connectivity index (χ2n) is 4.36. The highest BCUT2D eigenvalue weighted by molar-refractivity contribution is 5.92. The molecule has 2 aromatic rings. The van der Waals surface area contributed by atoms with Gasteiger partial charge in [0.25, 0.3) is 0 Å². The van der Waals surface area contributed by atoms with E-state index in [1.807, 2.05) is 38.1 Å². The fourth-order valence-electron chi connectivity index (χ4n) is 2.32. The Morgan fingerprint density at radius 2 is 1.89 bits per heavy atom. The molecule has 1 aromatic carbocycles. The molecule has 100 valence electrons. The van der Waals surface area contributed by atoms with Crippen molar-refractivity contribution in [2.75, 3.05) is 6.61 Å². The minimum absolute atomic E-state index is 0.246. The van der Waals surface area contributed by atoms with E-state index in [1.54, 1.807) is 0 Å². The first-order valence-corrected chi connectivity index (χ1v) is 6.61. The standard InChI is InChI=1S/C16H19NO2/c1-4-17-12(3)14(16(18)19-5-2)11-15(17)13-9-7-6-8-10-13/h6-11H,4-5H2,1-3H3. The molecule has 0 amide bonds. The molecule has 3 heteroatoms. The summed E-state index contributed by atoms with van der Waals surface area (Å²) >= 11 is 0. The van der Waals surface area contributed by atoms with Gasteiger partial charge in [-0.1, -0.05) is 30.3 Å². The van der Waals surface area contributed by atoms with Crippen molar-refractivity contribution >= 4 is 5.97 Å². The Balaban J connectivity index is 2.51. The molecule has 1 aromatic heterocycles. The molecule has 0 aliphatic carbocycles. The quantitative estimate of drug-likeness (QED) is 0.783. The minimum Gasteiger partial charge on any atom is -0.462 e. The van der Waals surface area contributed by atoms with Crippen LogP contribution < -0.4 is 0 Å². The van der Waals surface area contributed by atoms with E-state index in [9.17, 15) is 4.79 Å². The summed E-state index contributed by atoms with van der Waals surface area (Å²) in [5.41, 5.74) is 3.79. The third-order valence-electron chi connectivity index (χ3n) is 3.25. The zero-order valence-electron chi connectivity index (χ0n) is 11.6. The molecule has 1 heterocycles. The van der Waals surface area contributed by atoms with Crippen LogP contribution in [-0.2, 0) is 11.3 Å². The fraction of sp³-hybridized carbons (Fsp3) is 0.312. The zero-order valence-corrected chi connectivity index (χ0v) is 11.6. The molecule has 2 rings (SSSR count). The normalized spacial score (nSPS) is 10.5. The van der Waals surface area contributed by atoms with Crippen LogP contribution in [0.4, 0.5) is 0 Å². The Kier molecular flexibility index (Phi) is 4.05. The van der Waals surface area contributed by atoms with E-state index in [0.717, 1.165) is 23.5 Å². The number of nitrogens with zero attached hydrogens (tertiary/aromatic N) is 1. The highest BCUT2D eigenvalue weighted by Crippen LogP contribution is 2.26. The molecular formula is C16H19NO2. The minimum atomic E-state index is -0.246. The van der Waals surface area contributed by atoms with Gasteiger partial charge in [-0.25, -0.2) is 4.79 Å². The lowest BCUT2D eigenvalue weighted by Crippen LogP contribution is -2.07. The number of carbonyl (C=O) groups is 1. The molecule has 0 N–H and O–H groups in total. The second kappa shape index (κ2) is 5.74. The fourth-order valence-corrected chi connectivity index (χ4v) is 2.32. The van der Waals surface area contributed by atoms with Crippen molar-refractivity contribution < 1.29 is 9.53 Å². The molecule has 0 saturated heterocycles. The van der Waals surface area contributed by atoms with E-state index in [0.29, 0.717) is 12.2 Å². The number of rotatable bonds is 4. The van der Waals surface area contributed by atoms with Crippen LogP contribution in [0.5, 0.6) is 0 Å². The predicted octanol–water partition coefficient (Wildman–Crippen LogP) is 3.66. The van der Waals surface area contributed by atoms with Crippen LogP contribution in [0.2, 0.25) is 0 Å². The van der Waals surface area contributed by atoms with Crippen molar-refractivity contribution in [1.82, 2.24) is 4.57 Å². The highest BCUT2D eigenvalue weighted by Gasteiger charge is 2.18. The molecule has 0 aliphatic heterocycles. The summed E-state index contributed by atoms with van der Waals surface area (Å²) in [5.74, 6) is -0.246. The van der Waals surface area contributed by atoms with Gasteiger partial charge in [0.1, 0.15) is 0 Å². The van der Waals surface area contributed by atoms with Gasteiger partial charge < -0.3 is 9.30 Å². The predicted molar refractivity (Wildman–Crippen MR) is 76.2 cm³/mol. The molecular weight excluding hydrogens is 238 g/mol. The Labute approximate surface area is 113 Å². The Hall–Kier alpha value is -2.03. The van der Waals surface area contributed by atoms with E-state index in [4.69, 9.17) is 4.74 Å². The molecule has 0 fully saturated rings. The summed E-state index contributed by atoms with van der Waals surface area (Å²) in [6, 6.07) is 12.0. The van der Waals surface area contributed by atoms with E-state index >= 15 is 0 Å². The van der Waals surface area contributed by atoms with E-state index in [-0.39, 0.29) is 5.97 Å². The molecule has 0 saturated carbocycles. The van der Waals surface area contributed by atoms with Crippen LogP contribution >= 0.6 is 0 Å². The molecule has 0 atom stereocenters. The zero-order chi connectivity index (χ0) is 13.8. The summed E-state index contributed by atoms with van der Waals surface area (Å²) < 4.78 is 7.25. The molecule has 3 nitrogen and oxygen atoms in total. The number of benzene rings is 1. The average molecular weight is 257 g/mol. The Bertz CT molecular complexity index is 570. The summed E-state index contributed by atoms with van der Waals surface area (Å²) in [6.07, 6.45) is 0. The topological polar surface area (TPSA) is 31.2 Å². The highest BCUT2D eigenvalue weighted by atomic mass is 16.5.